The first-order chi connectivity index (χ1) is 11.4. The number of hydrogen-bond donors (Lipinski definition) is 0. The van der Waals surface area contributed by atoms with E-state index in [1.165, 1.54) is 0 Å². The van der Waals surface area contributed by atoms with Crippen LogP contribution in [0.5, 0.6) is 0 Å². The third kappa shape index (κ3) is 6.78. The number of carbonyl (C=O) groups is 1. The standard InChI is InChI=1S/C21H20O2/c22-16-8-7-13-21(15-14-19-9-3-1-4-10-19)18-23-17-20-11-5-2-6-12-20/h1-6,9-13,16H,7-8,17-18H2. The Hall–Kier alpha value is -2.63. The maximum Gasteiger partial charge on any atom is 0.120 e. The summed E-state index contributed by atoms with van der Waals surface area (Å²) in [6.07, 6.45) is 4.10. The molecule has 0 fully saturated rings. The van der Waals surface area contributed by atoms with Gasteiger partial charge in [0.1, 0.15) is 6.29 Å². The van der Waals surface area contributed by atoms with Crippen molar-refractivity contribution >= 4 is 6.29 Å². The van der Waals surface area contributed by atoms with Crippen LogP contribution in [0.2, 0.25) is 0 Å². The Morgan fingerprint density at radius 3 is 2.35 bits per heavy atom. The van der Waals surface area contributed by atoms with E-state index in [4.69, 9.17) is 4.74 Å². The van der Waals surface area contributed by atoms with Gasteiger partial charge in [-0.25, -0.2) is 0 Å². The molecule has 0 saturated carbocycles. The van der Waals surface area contributed by atoms with Crippen molar-refractivity contribution in [3.63, 3.8) is 0 Å². The lowest BCUT2D eigenvalue weighted by Gasteiger charge is -2.04. The first-order valence-electron chi connectivity index (χ1n) is 7.70. The zero-order chi connectivity index (χ0) is 16.2. The molecule has 0 unspecified atom stereocenters. The molecule has 0 spiro atoms. The smallest absolute Gasteiger partial charge is 0.120 e. The Kier molecular flexibility index (Phi) is 7.39. The molecule has 116 valence electrons. The van der Waals surface area contributed by atoms with Crippen LogP contribution in [0.25, 0.3) is 0 Å². The summed E-state index contributed by atoms with van der Waals surface area (Å²) in [5.41, 5.74) is 3.01. The fourth-order valence-electron chi connectivity index (χ4n) is 2.00. The second-order valence-electron chi connectivity index (χ2n) is 5.07. The molecule has 0 aromatic heterocycles. The van der Waals surface area contributed by atoms with Gasteiger partial charge in [-0.2, -0.15) is 0 Å². The van der Waals surface area contributed by atoms with Crippen LogP contribution in [0.4, 0.5) is 0 Å². The van der Waals surface area contributed by atoms with Gasteiger partial charge in [-0.3, -0.25) is 0 Å². The quantitative estimate of drug-likeness (QED) is 0.436. The van der Waals surface area contributed by atoms with Crippen LogP contribution < -0.4 is 0 Å². The molecule has 0 radical (unpaired) electrons. The molecular formula is C21H20O2. The monoisotopic (exact) mass is 304 g/mol. The number of hydrogen-bond acceptors (Lipinski definition) is 2. The molecule has 2 aromatic carbocycles. The molecule has 2 aromatic rings. The zero-order valence-electron chi connectivity index (χ0n) is 13.1. The maximum atomic E-state index is 10.5. The summed E-state index contributed by atoms with van der Waals surface area (Å²) in [5, 5.41) is 0. The van der Waals surface area contributed by atoms with Gasteiger partial charge in [-0.15, -0.1) is 0 Å². The van der Waals surface area contributed by atoms with Gasteiger partial charge in [0.2, 0.25) is 0 Å². The van der Waals surface area contributed by atoms with Gasteiger partial charge in [0.05, 0.1) is 13.2 Å². The van der Waals surface area contributed by atoms with Gasteiger partial charge in [0, 0.05) is 17.6 Å². The van der Waals surface area contributed by atoms with E-state index in [2.05, 4.69) is 11.8 Å². The number of aldehydes is 1. The van der Waals surface area contributed by atoms with Crippen LogP contribution in [0.15, 0.2) is 72.3 Å². The number of unbranched alkanes of at least 4 members (excludes halogenated alkanes) is 1. The first-order valence-corrected chi connectivity index (χ1v) is 7.70. The fraction of sp³-hybridized carbons (Fsp3) is 0.190. The van der Waals surface area contributed by atoms with Crippen LogP contribution in [-0.2, 0) is 16.1 Å². The van der Waals surface area contributed by atoms with Crippen molar-refractivity contribution < 1.29 is 9.53 Å². The Balaban J connectivity index is 1.95. The highest BCUT2D eigenvalue weighted by molar-refractivity contribution is 5.50. The Morgan fingerprint density at radius 1 is 0.957 bits per heavy atom. The van der Waals surface area contributed by atoms with E-state index in [-0.39, 0.29) is 0 Å². The Morgan fingerprint density at radius 2 is 1.65 bits per heavy atom. The van der Waals surface area contributed by atoms with Crippen LogP contribution in [-0.4, -0.2) is 12.9 Å². The number of rotatable bonds is 7. The predicted octanol–water partition coefficient (Wildman–Crippen LogP) is 4.16. The second kappa shape index (κ2) is 10.2. The molecule has 0 amide bonds. The van der Waals surface area contributed by atoms with Crippen molar-refractivity contribution in [1.82, 2.24) is 0 Å². The molecule has 0 heterocycles. The molecular weight excluding hydrogens is 284 g/mol. The van der Waals surface area contributed by atoms with Crippen molar-refractivity contribution in [2.24, 2.45) is 0 Å². The minimum atomic E-state index is 0.452. The molecule has 2 nitrogen and oxygen atoms in total. The van der Waals surface area contributed by atoms with Gasteiger partial charge >= 0.3 is 0 Å². The minimum Gasteiger partial charge on any atom is -0.371 e. The summed E-state index contributed by atoms with van der Waals surface area (Å²) in [5.74, 6) is 6.29. The van der Waals surface area contributed by atoms with Gasteiger partial charge in [-0.1, -0.05) is 66.4 Å². The highest BCUT2D eigenvalue weighted by Gasteiger charge is 1.96. The lowest BCUT2D eigenvalue weighted by atomic mass is 10.1. The Bertz CT molecular complexity index is 676. The van der Waals surface area contributed by atoms with E-state index in [9.17, 15) is 4.79 Å². The van der Waals surface area contributed by atoms with Crippen LogP contribution in [0.3, 0.4) is 0 Å². The van der Waals surface area contributed by atoms with E-state index >= 15 is 0 Å². The first kappa shape index (κ1) is 16.7. The summed E-state index contributed by atoms with van der Waals surface area (Å²) in [6.45, 7) is 1.01. The van der Waals surface area contributed by atoms with Gasteiger partial charge < -0.3 is 9.53 Å². The van der Waals surface area contributed by atoms with Crippen molar-refractivity contribution in [1.29, 1.82) is 0 Å². The van der Waals surface area contributed by atoms with Crippen LogP contribution in [0, 0.1) is 11.8 Å². The third-order valence-corrected chi connectivity index (χ3v) is 3.19. The van der Waals surface area contributed by atoms with E-state index in [1.807, 2.05) is 66.7 Å². The third-order valence-electron chi connectivity index (χ3n) is 3.19. The van der Waals surface area contributed by atoms with Gasteiger partial charge in [-0.05, 0) is 24.1 Å². The van der Waals surface area contributed by atoms with Crippen molar-refractivity contribution in [3.8, 4) is 11.8 Å². The highest BCUT2D eigenvalue weighted by Crippen LogP contribution is 2.05. The van der Waals surface area contributed by atoms with E-state index in [0.29, 0.717) is 26.1 Å². The van der Waals surface area contributed by atoms with Crippen molar-refractivity contribution in [2.75, 3.05) is 6.61 Å². The molecule has 2 heteroatoms. The summed E-state index contributed by atoms with van der Waals surface area (Å²) in [7, 11) is 0. The van der Waals surface area contributed by atoms with Crippen molar-refractivity contribution in [2.45, 2.75) is 19.4 Å². The van der Waals surface area contributed by atoms with Gasteiger partial charge in [0.25, 0.3) is 0 Å². The van der Waals surface area contributed by atoms with Crippen molar-refractivity contribution in [3.05, 3.63) is 83.4 Å². The molecule has 0 N–H and O–H groups in total. The SMILES string of the molecule is O=CCCC=C(C#Cc1ccccc1)COCc1ccccc1. The van der Waals surface area contributed by atoms with E-state index in [0.717, 1.165) is 23.0 Å². The molecule has 0 aliphatic rings. The summed E-state index contributed by atoms with van der Waals surface area (Å²) in [6, 6.07) is 19.9. The number of benzene rings is 2. The molecule has 2 rings (SSSR count). The number of ether oxygens (including phenoxy) is 1. The molecule has 0 bridgehead atoms. The Labute approximate surface area is 137 Å². The summed E-state index contributed by atoms with van der Waals surface area (Å²) >= 11 is 0. The zero-order valence-corrected chi connectivity index (χ0v) is 13.1. The molecule has 0 atom stereocenters. The summed E-state index contributed by atoms with van der Waals surface area (Å²) < 4.78 is 5.74. The topological polar surface area (TPSA) is 26.3 Å². The normalized spacial score (nSPS) is 10.7. The molecule has 0 aliphatic heterocycles. The largest absolute Gasteiger partial charge is 0.371 e. The molecule has 0 aliphatic carbocycles. The van der Waals surface area contributed by atoms with E-state index in [1.54, 1.807) is 0 Å². The lowest BCUT2D eigenvalue weighted by Crippen LogP contribution is -1.98. The molecule has 23 heavy (non-hydrogen) atoms. The maximum absolute atomic E-state index is 10.5. The summed E-state index contributed by atoms with van der Waals surface area (Å²) in [4.78, 5) is 10.5. The average molecular weight is 304 g/mol. The second-order valence-corrected chi connectivity index (χ2v) is 5.07. The number of carbonyl (C=O) groups excluding carboxylic acids is 1. The van der Waals surface area contributed by atoms with Crippen LogP contribution in [0.1, 0.15) is 24.0 Å². The highest BCUT2D eigenvalue weighted by atomic mass is 16.5. The average Bonchev–Trinajstić information content (AvgIpc) is 2.61. The number of allylic oxidation sites excluding steroid dienone is 1. The fourth-order valence-corrected chi connectivity index (χ4v) is 2.00. The lowest BCUT2D eigenvalue weighted by molar-refractivity contribution is -0.107. The minimum absolute atomic E-state index is 0.452. The van der Waals surface area contributed by atoms with Crippen LogP contribution >= 0.6 is 0 Å². The molecule has 0 saturated heterocycles. The van der Waals surface area contributed by atoms with Gasteiger partial charge in [0.15, 0.2) is 0 Å². The predicted molar refractivity (Wildman–Crippen MR) is 92.8 cm³/mol. The van der Waals surface area contributed by atoms with E-state index < -0.39 is 0 Å².